The predicted molar refractivity (Wildman–Crippen MR) is 87.1 cm³/mol. The van der Waals surface area contributed by atoms with Gasteiger partial charge in [0.2, 0.25) is 17.6 Å². The molecule has 1 aromatic heterocycles. The van der Waals surface area contributed by atoms with Crippen LogP contribution in [0.25, 0.3) is 11.4 Å². The third kappa shape index (κ3) is 3.19. The van der Waals surface area contributed by atoms with E-state index in [-0.39, 0.29) is 22.8 Å². The molecule has 0 saturated carbocycles. The van der Waals surface area contributed by atoms with Crippen LogP contribution in [0.1, 0.15) is 32.1 Å². The Morgan fingerprint density at radius 3 is 2.46 bits per heavy atom. The van der Waals surface area contributed by atoms with Crippen molar-refractivity contribution in [2.45, 2.75) is 37.1 Å². The van der Waals surface area contributed by atoms with E-state index < -0.39 is 9.84 Å². The number of rotatable bonds is 4. The summed E-state index contributed by atoms with van der Waals surface area (Å²) in [6.07, 6.45) is 1.53. The Labute approximate surface area is 140 Å². The van der Waals surface area contributed by atoms with Crippen molar-refractivity contribution in [2.75, 3.05) is 12.8 Å². The molecule has 0 radical (unpaired) electrons. The second-order valence-electron chi connectivity index (χ2n) is 6.29. The lowest BCUT2D eigenvalue weighted by molar-refractivity contribution is -0.129. The second-order valence-corrected chi connectivity index (χ2v) is 8.31. The summed E-state index contributed by atoms with van der Waals surface area (Å²) in [6, 6.07) is 6.46. The monoisotopic (exact) mass is 349 g/mol. The van der Waals surface area contributed by atoms with Crippen LogP contribution in [0.3, 0.4) is 0 Å². The minimum atomic E-state index is -3.24. The van der Waals surface area contributed by atoms with Gasteiger partial charge in [0, 0.05) is 30.8 Å². The minimum Gasteiger partial charge on any atom is -0.339 e. The number of aromatic nitrogens is 2. The molecular weight excluding hydrogens is 330 g/mol. The summed E-state index contributed by atoms with van der Waals surface area (Å²) in [4.78, 5) is 18.4. The van der Waals surface area contributed by atoms with E-state index in [1.54, 1.807) is 17.0 Å². The van der Waals surface area contributed by atoms with Gasteiger partial charge in [0.05, 0.1) is 10.8 Å². The van der Waals surface area contributed by atoms with Gasteiger partial charge in [-0.25, -0.2) is 8.42 Å². The Morgan fingerprint density at radius 1 is 1.25 bits per heavy atom. The van der Waals surface area contributed by atoms with Crippen LogP contribution in [0.5, 0.6) is 0 Å². The maximum absolute atomic E-state index is 12.0. The fourth-order valence-electron chi connectivity index (χ4n) is 2.77. The number of nitrogens with zero attached hydrogens (tertiary/aromatic N) is 3. The molecule has 128 valence electrons. The lowest BCUT2D eigenvalue weighted by Gasteiger charge is -2.20. The van der Waals surface area contributed by atoms with Crippen LogP contribution in [0.4, 0.5) is 0 Å². The summed E-state index contributed by atoms with van der Waals surface area (Å²) in [7, 11) is -3.24. The Morgan fingerprint density at radius 2 is 1.92 bits per heavy atom. The number of amides is 1. The highest BCUT2D eigenvalue weighted by atomic mass is 32.2. The quantitative estimate of drug-likeness (QED) is 0.836. The third-order valence-electron chi connectivity index (χ3n) is 4.11. The van der Waals surface area contributed by atoms with E-state index in [9.17, 15) is 13.2 Å². The number of hydrogen-bond donors (Lipinski definition) is 0. The smallest absolute Gasteiger partial charge is 0.232 e. The molecule has 1 saturated heterocycles. The number of carbonyl (C=O) groups is 1. The standard InChI is InChI=1S/C16H19N3O4S/c1-10(2)19-9-12(8-14(19)20)16-17-15(18-23-16)11-4-6-13(7-5-11)24(3,21)22/h4-7,10,12H,8-9H2,1-3H3. The minimum absolute atomic E-state index is 0.0901. The molecule has 1 aliphatic rings. The SMILES string of the molecule is CC(C)N1CC(c2nc(-c3ccc(S(C)(=O)=O)cc3)no2)CC1=O. The Balaban J connectivity index is 1.80. The molecule has 24 heavy (non-hydrogen) atoms. The molecule has 0 bridgehead atoms. The van der Waals surface area contributed by atoms with Crippen LogP contribution in [0.15, 0.2) is 33.7 Å². The van der Waals surface area contributed by atoms with Crippen molar-refractivity contribution in [2.24, 2.45) is 0 Å². The van der Waals surface area contributed by atoms with Gasteiger partial charge in [0.25, 0.3) is 0 Å². The van der Waals surface area contributed by atoms with E-state index in [1.807, 2.05) is 13.8 Å². The Bertz CT molecular complexity index is 856. The van der Waals surface area contributed by atoms with Crippen molar-refractivity contribution in [1.29, 1.82) is 0 Å². The van der Waals surface area contributed by atoms with E-state index in [0.717, 1.165) is 6.26 Å². The van der Waals surface area contributed by atoms with Gasteiger partial charge in [-0.1, -0.05) is 5.16 Å². The van der Waals surface area contributed by atoms with Gasteiger partial charge < -0.3 is 9.42 Å². The zero-order valence-electron chi connectivity index (χ0n) is 13.8. The average molecular weight is 349 g/mol. The molecule has 1 aliphatic heterocycles. The van der Waals surface area contributed by atoms with E-state index in [4.69, 9.17) is 4.52 Å². The molecular formula is C16H19N3O4S. The van der Waals surface area contributed by atoms with Crippen LogP contribution in [0, 0.1) is 0 Å². The topological polar surface area (TPSA) is 93.4 Å². The lowest BCUT2D eigenvalue weighted by Crippen LogP contribution is -2.31. The van der Waals surface area contributed by atoms with Crippen LogP contribution in [-0.2, 0) is 14.6 Å². The number of likely N-dealkylation sites (tertiary alicyclic amines) is 1. The van der Waals surface area contributed by atoms with Gasteiger partial charge in [0.15, 0.2) is 9.84 Å². The Hall–Kier alpha value is -2.22. The van der Waals surface area contributed by atoms with Crippen LogP contribution in [-0.4, -0.2) is 48.2 Å². The molecule has 2 heterocycles. The van der Waals surface area contributed by atoms with Gasteiger partial charge in [0.1, 0.15) is 0 Å². The lowest BCUT2D eigenvalue weighted by atomic mass is 10.1. The largest absolute Gasteiger partial charge is 0.339 e. The summed E-state index contributed by atoms with van der Waals surface area (Å²) in [6.45, 7) is 4.52. The maximum atomic E-state index is 12.0. The van der Waals surface area contributed by atoms with E-state index in [2.05, 4.69) is 10.1 Å². The molecule has 8 heteroatoms. The molecule has 1 unspecified atom stereocenters. The molecule has 0 spiro atoms. The molecule has 1 atom stereocenters. The summed E-state index contributed by atoms with van der Waals surface area (Å²) in [5, 5.41) is 3.95. The van der Waals surface area contributed by atoms with Crippen LogP contribution >= 0.6 is 0 Å². The molecule has 1 aromatic carbocycles. The first-order valence-corrected chi connectivity index (χ1v) is 9.58. The molecule has 0 aliphatic carbocycles. The van der Waals surface area contributed by atoms with Gasteiger partial charge >= 0.3 is 0 Å². The molecule has 2 aromatic rings. The van der Waals surface area contributed by atoms with Gasteiger partial charge in [-0.05, 0) is 38.1 Å². The summed E-state index contributed by atoms with van der Waals surface area (Å²) >= 11 is 0. The summed E-state index contributed by atoms with van der Waals surface area (Å²) in [5.41, 5.74) is 0.669. The molecule has 1 fully saturated rings. The van der Waals surface area contributed by atoms with Gasteiger partial charge in [-0.3, -0.25) is 4.79 Å². The first kappa shape index (κ1) is 16.6. The molecule has 1 amide bonds. The fourth-order valence-corrected chi connectivity index (χ4v) is 3.40. The van der Waals surface area contributed by atoms with Crippen LogP contribution in [0.2, 0.25) is 0 Å². The number of sulfone groups is 1. The highest BCUT2D eigenvalue weighted by molar-refractivity contribution is 7.90. The number of hydrogen-bond acceptors (Lipinski definition) is 6. The van der Waals surface area contributed by atoms with Crippen LogP contribution < -0.4 is 0 Å². The maximum Gasteiger partial charge on any atom is 0.232 e. The first-order valence-electron chi connectivity index (χ1n) is 7.69. The Kier molecular flexibility index (Phi) is 4.16. The van der Waals surface area contributed by atoms with Crippen molar-refractivity contribution >= 4 is 15.7 Å². The highest BCUT2D eigenvalue weighted by Gasteiger charge is 2.35. The highest BCUT2D eigenvalue weighted by Crippen LogP contribution is 2.29. The van der Waals surface area contributed by atoms with E-state index in [1.165, 1.54) is 12.1 Å². The van der Waals surface area contributed by atoms with Gasteiger partial charge in [-0.2, -0.15) is 4.98 Å². The van der Waals surface area contributed by atoms with Crippen molar-refractivity contribution in [3.05, 3.63) is 30.2 Å². The molecule has 0 N–H and O–H groups in total. The van der Waals surface area contributed by atoms with E-state index >= 15 is 0 Å². The molecule has 7 nitrogen and oxygen atoms in total. The van der Waals surface area contributed by atoms with Crippen molar-refractivity contribution in [1.82, 2.24) is 15.0 Å². The second kappa shape index (κ2) is 6.01. The normalized spacial score (nSPS) is 18.6. The zero-order chi connectivity index (χ0) is 17.5. The average Bonchev–Trinajstić information content (AvgIpc) is 3.13. The summed E-state index contributed by atoms with van der Waals surface area (Å²) < 4.78 is 28.3. The third-order valence-corrected chi connectivity index (χ3v) is 5.24. The fraction of sp³-hybridized carbons (Fsp3) is 0.438. The van der Waals surface area contributed by atoms with Crippen molar-refractivity contribution in [3.8, 4) is 11.4 Å². The van der Waals surface area contributed by atoms with E-state index in [0.29, 0.717) is 30.2 Å². The number of benzene rings is 1. The zero-order valence-corrected chi connectivity index (χ0v) is 14.6. The first-order chi connectivity index (χ1) is 11.3. The number of carbonyl (C=O) groups excluding carboxylic acids is 1. The predicted octanol–water partition coefficient (Wildman–Crippen LogP) is 1.86. The summed E-state index contributed by atoms with van der Waals surface area (Å²) in [5.74, 6) is 0.817. The molecule has 3 rings (SSSR count). The van der Waals surface area contributed by atoms with Gasteiger partial charge in [-0.15, -0.1) is 0 Å². The van der Waals surface area contributed by atoms with Crippen molar-refractivity contribution in [3.63, 3.8) is 0 Å². The van der Waals surface area contributed by atoms with Crippen molar-refractivity contribution < 1.29 is 17.7 Å².